The van der Waals surface area contributed by atoms with Crippen LogP contribution in [0.4, 0.5) is 0 Å². The van der Waals surface area contributed by atoms with E-state index < -0.39 is 6.10 Å². The van der Waals surface area contributed by atoms with E-state index in [1.165, 1.54) is 9.75 Å². The Bertz CT molecular complexity index is 499. The number of aliphatic hydroxyl groups is 1. The zero-order valence-corrected chi connectivity index (χ0v) is 15.5. The number of hydrogen-bond acceptors (Lipinski definition) is 6. The summed E-state index contributed by atoms with van der Waals surface area (Å²) in [6.07, 6.45) is 2.91. The third-order valence-corrected chi connectivity index (χ3v) is 5.01. The van der Waals surface area contributed by atoms with Crippen LogP contribution in [0, 0.1) is 6.92 Å². The van der Waals surface area contributed by atoms with Gasteiger partial charge in [-0.25, -0.2) is 0 Å². The first kappa shape index (κ1) is 19.4. The largest absolute Gasteiger partial charge is 0.463 e. The number of hydrogen-bond donors (Lipinski definition) is 1. The van der Waals surface area contributed by atoms with Gasteiger partial charge in [0.15, 0.2) is 0 Å². The van der Waals surface area contributed by atoms with Crippen molar-refractivity contribution in [3.05, 3.63) is 21.9 Å². The summed E-state index contributed by atoms with van der Waals surface area (Å²) in [7, 11) is 0. The highest BCUT2D eigenvalue weighted by molar-refractivity contribution is 7.11. The molecule has 0 bridgehead atoms. The second-order valence-electron chi connectivity index (χ2n) is 6.43. The van der Waals surface area contributed by atoms with Crippen LogP contribution in [-0.2, 0) is 20.8 Å². The fourth-order valence-electron chi connectivity index (χ4n) is 2.89. The number of aliphatic hydroxyl groups excluding tert-OH is 1. The molecule has 1 aliphatic rings. The molecule has 2 heterocycles. The first-order valence-electron chi connectivity index (χ1n) is 8.79. The molecule has 0 aliphatic carbocycles. The Morgan fingerprint density at radius 3 is 3.00 bits per heavy atom. The lowest BCUT2D eigenvalue weighted by molar-refractivity contribution is -0.147. The summed E-state index contributed by atoms with van der Waals surface area (Å²) >= 11 is 1.78. The highest BCUT2D eigenvalue weighted by atomic mass is 32.1. The van der Waals surface area contributed by atoms with Crippen molar-refractivity contribution in [3.8, 4) is 0 Å². The average molecular weight is 356 g/mol. The summed E-state index contributed by atoms with van der Waals surface area (Å²) in [5.74, 6) is -0.240. The second kappa shape index (κ2) is 10.1. The lowest BCUT2D eigenvalue weighted by Crippen LogP contribution is -2.39. The highest BCUT2D eigenvalue weighted by Crippen LogP contribution is 2.20. The Morgan fingerprint density at radius 1 is 1.54 bits per heavy atom. The molecule has 1 saturated heterocycles. The summed E-state index contributed by atoms with van der Waals surface area (Å²) in [5, 5.41) is 10.2. The van der Waals surface area contributed by atoms with Gasteiger partial charge in [-0.2, -0.15) is 0 Å². The normalized spacial score (nSPS) is 18.9. The van der Waals surface area contributed by atoms with Crippen LogP contribution in [0.3, 0.4) is 0 Å². The quantitative estimate of drug-likeness (QED) is 0.654. The summed E-state index contributed by atoms with van der Waals surface area (Å²) in [4.78, 5) is 16.2. The molecule has 136 valence electrons. The molecule has 0 spiro atoms. The molecule has 1 aromatic heterocycles. The van der Waals surface area contributed by atoms with Gasteiger partial charge in [-0.05, 0) is 38.3 Å². The molecule has 2 rings (SSSR count). The topological polar surface area (TPSA) is 59.0 Å². The van der Waals surface area contributed by atoms with E-state index >= 15 is 0 Å². The Balaban J connectivity index is 1.85. The van der Waals surface area contributed by atoms with Gasteiger partial charge in [0.2, 0.25) is 0 Å². The van der Waals surface area contributed by atoms with E-state index in [2.05, 4.69) is 24.0 Å². The van der Waals surface area contributed by atoms with Crippen LogP contribution in [0.25, 0.3) is 0 Å². The number of rotatable bonds is 10. The van der Waals surface area contributed by atoms with Crippen LogP contribution in [0.15, 0.2) is 12.1 Å². The molecule has 0 aromatic carbocycles. The van der Waals surface area contributed by atoms with Crippen molar-refractivity contribution >= 4 is 17.3 Å². The summed E-state index contributed by atoms with van der Waals surface area (Å²) in [6.45, 7) is 6.99. The minimum atomic E-state index is -0.673. The van der Waals surface area contributed by atoms with E-state index in [0.717, 1.165) is 39.0 Å². The summed E-state index contributed by atoms with van der Waals surface area (Å²) in [5.41, 5.74) is 0. The predicted octanol–water partition coefficient (Wildman–Crippen LogP) is 2.74. The van der Waals surface area contributed by atoms with Crippen LogP contribution in [0.1, 0.15) is 42.4 Å². The van der Waals surface area contributed by atoms with E-state index in [0.29, 0.717) is 13.0 Å². The molecule has 2 unspecified atom stereocenters. The van der Waals surface area contributed by atoms with Gasteiger partial charge in [0.1, 0.15) is 12.7 Å². The van der Waals surface area contributed by atoms with Crippen LogP contribution >= 0.6 is 11.3 Å². The second-order valence-corrected chi connectivity index (χ2v) is 7.80. The molecule has 6 heteroatoms. The van der Waals surface area contributed by atoms with Crippen molar-refractivity contribution < 1.29 is 19.4 Å². The minimum absolute atomic E-state index is 0.0598. The third kappa shape index (κ3) is 6.89. The maximum absolute atomic E-state index is 11.4. The number of ether oxygens (including phenoxy) is 2. The molecule has 0 radical (unpaired) electrons. The number of aryl methyl sites for hydroxylation is 1. The zero-order chi connectivity index (χ0) is 17.4. The smallest absolute Gasteiger partial charge is 0.305 e. The van der Waals surface area contributed by atoms with Crippen LogP contribution in [0.2, 0.25) is 0 Å². The van der Waals surface area contributed by atoms with Crippen LogP contribution in [-0.4, -0.2) is 54.5 Å². The molecule has 1 aliphatic heterocycles. The van der Waals surface area contributed by atoms with Gasteiger partial charge in [-0.3, -0.25) is 9.69 Å². The Morgan fingerprint density at radius 2 is 2.38 bits per heavy atom. The summed E-state index contributed by atoms with van der Waals surface area (Å²) < 4.78 is 10.9. The molecule has 1 fully saturated rings. The van der Waals surface area contributed by atoms with Crippen molar-refractivity contribution in [3.63, 3.8) is 0 Å². The van der Waals surface area contributed by atoms with Crippen LogP contribution in [0.5, 0.6) is 0 Å². The molecule has 0 saturated carbocycles. The fraction of sp³-hybridized carbons (Fsp3) is 0.722. The average Bonchev–Trinajstić information content (AvgIpc) is 3.17. The molecule has 24 heavy (non-hydrogen) atoms. The first-order chi connectivity index (χ1) is 11.6. The number of carbonyl (C=O) groups is 1. The molecular formula is C18H29NO4S. The molecule has 5 nitrogen and oxygen atoms in total. The highest BCUT2D eigenvalue weighted by Gasteiger charge is 2.22. The fourth-order valence-corrected chi connectivity index (χ4v) is 3.82. The third-order valence-electron chi connectivity index (χ3n) is 4.02. The first-order valence-corrected chi connectivity index (χ1v) is 9.61. The van der Waals surface area contributed by atoms with E-state index in [1.54, 1.807) is 11.3 Å². The van der Waals surface area contributed by atoms with Crippen molar-refractivity contribution in [2.45, 2.75) is 58.3 Å². The van der Waals surface area contributed by atoms with Crippen molar-refractivity contribution in [2.24, 2.45) is 0 Å². The van der Waals surface area contributed by atoms with Crippen molar-refractivity contribution in [1.29, 1.82) is 0 Å². The van der Waals surface area contributed by atoms with Crippen molar-refractivity contribution in [1.82, 2.24) is 4.90 Å². The Hall–Kier alpha value is -0.950. The standard InChI is InChI=1S/C18H29NO4S/c1-3-5-18(21)23-13-15(20)10-19(11-16-6-4-9-22-16)12-17-8-7-14(2)24-17/h7-8,15-16,20H,3-6,9-13H2,1-2H3. The number of nitrogens with zero attached hydrogens (tertiary/aromatic N) is 1. The van der Waals surface area contributed by atoms with Crippen molar-refractivity contribution in [2.75, 3.05) is 26.3 Å². The van der Waals surface area contributed by atoms with Crippen LogP contribution < -0.4 is 0 Å². The predicted molar refractivity (Wildman–Crippen MR) is 95.2 cm³/mol. The van der Waals surface area contributed by atoms with E-state index in [-0.39, 0.29) is 18.7 Å². The maximum Gasteiger partial charge on any atom is 0.305 e. The molecule has 1 N–H and O–H groups in total. The Kier molecular flexibility index (Phi) is 8.18. The lowest BCUT2D eigenvalue weighted by atomic mass is 10.2. The van der Waals surface area contributed by atoms with Gasteiger partial charge >= 0.3 is 5.97 Å². The Labute approximate surface area is 148 Å². The van der Waals surface area contributed by atoms with Gasteiger partial charge in [-0.1, -0.05) is 6.92 Å². The van der Waals surface area contributed by atoms with Gasteiger partial charge in [0.25, 0.3) is 0 Å². The van der Waals surface area contributed by atoms with Gasteiger partial charge in [0, 0.05) is 42.4 Å². The number of carbonyl (C=O) groups excluding carboxylic acids is 1. The molecule has 0 amide bonds. The molecule has 1 aromatic rings. The maximum atomic E-state index is 11.4. The van der Waals surface area contributed by atoms with E-state index in [9.17, 15) is 9.90 Å². The van der Waals surface area contributed by atoms with E-state index in [4.69, 9.17) is 9.47 Å². The lowest BCUT2D eigenvalue weighted by Gasteiger charge is -2.27. The van der Waals surface area contributed by atoms with Gasteiger partial charge < -0.3 is 14.6 Å². The van der Waals surface area contributed by atoms with Gasteiger partial charge in [-0.15, -0.1) is 11.3 Å². The monoisotopic (exact) mass is 355 g/mol. The summed E-state index contributed by atoms with van der Waals surface area (Å²) in [6, 6.07) is 4.25. The number of thiophene rings is 1. The number of esters is 1. The van der Waals surface area contributed by atoms with E-state index in [1.807, 2.05) is 6.92 Å². The molecule has 2 atom stereocenters. The molecular weight excluding hydrogens is 326 g/mol. The zero-order valence-electron chi connectivity index (χ0n) is 14.7. The minimum Gasteiger partial charge on any atom is -0.463 e. The SMILES string of the molecule is CCCC(=O)OCC(O)CN(Cc1ccc(C)s1)CC1CCCO1. The van der Waals surface area contributed by atoms with Gasteiger partial charge in [0.05, 0.1) is 6.10 Å².